The summed E-state index contributed by atoms with van der Waals surface area (Å²) in [4.78, 5) is 29.1. The third kappa shape index (κ3) is 6.80. The molecule has 0 aliphatic carbocycles. The lowest BCUT2D eigenvalue weighted by molar-refractivity contribution is -0.125. The molecule has 0 saturated heterocycles. The highest BCUT2D eigenvalue weighted by Gasteiger charge is 2.34. The zero-order valence-corrected chi connectivity index (χ0v) is 23.8. The summed E-state index contributed by atoms with van der Waals surface area (Å²) in [6, 6.07) is 12.7. The Labute approximate surface area is 238 Å². The minimum atomic E-state index is -0.743. The standard InChI is InChI=1S/C29H35ClN6O4/c1-18(28(37)32-15-7-5-4-6-8-16-40-29(31)38)25-27-35-34-19(2)36(27)24-14-13-22(39-3)17-23(24)26(33-25)20-9-11-21(30)12-10-20/h9-14,17-18,25H,4-8,15-16H2,1-3H3,(H2,31,38)(H,32,37)/t18-,25+/m1/s1. The van der Waals surface area contributed by atoms with Crippen LogP contribution in [-0.4, -0.2) is 52.7 Å². The SMILES string of the molecule is COc1ccc2c(c1)C(c1ccc(Cl)cc1)=N[C@@H]([C@@H](C)C(=O)NCCCCCCCOC(N)=O)c1nnc(C)n1-2. The third-order valence-corrected chi connectivity index (χ3v) is 7.20. The number of amides is 2. The van der Waals surface area contributed by atoms with Crippen LogP contribution in [0.4, 0.5) is 4.79 Å². The zero-order valence-electron chi connectivity index (χ0n) is 23.0. The minimum absolute atomic E-state index is 0.102. The van der Waals surface area contributed by atoms with E-state index in [1.54, 1.807) is 7.11 Å². The summed E-state index contributed by atoms with van der Waals surface area (Å²) < 4.78 is 12.2. The molecule has 2 amide bonds. The molecule has 212 valence electrons. The maximum atomic E-state index is 13.3. The van der Waals surface area contributed by atoms with E-state index in [1.807, 2.05) is 60.9 Å². The van der Waals surface area contributed by atoms with Crippen LogP contribution in [0.25, 0.3) is 5.69 Å². The Morgan fingerprint density at radius 3 is 2.52 bits per heavy atom. The number of nitrogens with two attached hydrogens (primary N) is 1. The van der Waals surface area contributed by atoms with Gasteiger partial charge in [-0.1, -0.05) is 49.9 Å². The zero-order chi connectivity index (χ0) is 28.6. The molecule has 1 aliphatic heterocycles. The van der Waals surface area contributed by atoms with Crippen LogP contribution in [0, 0.1) is 12.8 Å². The molecular formula is C29H35ClN6O4. The molecule has 3 aromatic rings. The second kappa shape index (κ2) is 13.4. The molecule has 40 heavy (non-hydrogen) atoms. The van der Waals surface area contributed by atoms with Gasteiger partial charge in [0.15, 0.2) is 5.82 Å². The Morgan fingerprint density at radius 2 is 1.80 bits per heavy atom. The predicted molar refractivity (Wildman–Crippen MR) is 153 cm³/mol. The van der Waals surface area contributed by atoms with Crippen molar-refractivity contribution in [3.63, 3.8) is 0 Å². The first-order valence-electron chi connectivity index (χ1n) is 13.4. The number of ether oxygens (including phenoxy) is 2. The Balaban J connectivity index is 1.54. The molecular weight excluding hydrogens is 532 g/mol. The molecule has 2 aromatic carbocycles. The summed E-state index contributed by atoms with van der Waals surface area (Å²) in [6.07, 6.45) is 3.75. The van der Waals surface area contributed by atoms with E-state index in [-0.39, 0.29) is 5.91 Å². The van der Waals surface area contributed by atoms with Crippen molar-refractivity contribution in [3.05, 3.63) is 70.3 Å². The Kier molecular flexibility index (Phi) is 9.76. The summed E-state index contributed by atoms with van der Waals surface area (Å²) in [5, 5.41) is 12.5. The van der Waals surface area contributed by atoms with Gasteiger partial charge >= 0.3 is 6.09 Å². The average Bonchev–Trinajstić information content (AvgIpc) is 3.25. The lowest BCUT2D eigenvalue weighted by atomic mass is 9.98. The van der Waals surface area contributed by atoms with Gasteiger partial charge < -0.3 is 20.5 Å². The van der Waals surface area contributed by atoms with Gasteiger partial charge in [0.2, 0.25) is 5.91 Å². The van der Waals surface area contributed by atoms with E-state index in [2.05, 4.69) is 15.5 Å². The van der Waals surface area contributed by atoms with Gasteiger partial charge in [0.05, 0.1) is 31.0 Å². The molecule has 4 rings (SSSR count). The van der Waals surface area contributed by atoms with Gasteiger partial charge in [-0.05, 0) is 50.1 Å². The summed E-state index contributed by atoms with van der Waals surface area (Å²) in [5.74, 6) is 1.39. The number of primary amides is 1. The number of aliphatic imine (C=N–C) groups is 1. The van der Waals surface area contributed by atoms with Crippen LogP contribution < -0.4 is 15.8 Å². The molecule has 11 heteroatoms. The number of rotatable bonds is 12. The van der Waals surface area contributed by atoms with Crippen molar-refractivity contribution in [3.8, 4) is 11.4 Å². The number of nitrogens with one attached hydrogen (secondary N) is 1. The highest BCUT2D eigenvalue weighted by Crippen LogP contribution is 2.36. The molecule has 0 unspecified atom stereocenters. The van der Waals surface area contributed by atoms with E-state index >= 15 is 0 Å². The van der Waals surface area contributed by atoms with Crippen molar-refractivity contribution in [2.45, 2.75) is 52.0 Å². The molecule has 0 bridgehead atoms. The van der Waals surface area contributed by atoms with Gasteiger partial charge in [-0.2, -0.15) is 0 Å². The van der Waals surface area contributed by atoms with Gasteiger partial charge in [-0.3, -0.25) is 14.4 Å². The molecule has 0 saturated carbocycles. The third-order valence-electron chi connectivity index (χ3n) is 6.95. The van der Waals surface area contributed by atoms with Gasteiger partial charge in [0, 0.05) is 22.7 Å². The van der Waals surface area contributed by atoms with E-state index in [0.717, 1.165) is 54.6 Å². The number of benzene rings is 2. The summed E-state index contributed by atoms with van der Waals surface area (Å²) in [7, 11) is 1.63. The van der Waals surface area contributed by atoms with E-state index in [1.165, 1.54) is 0 Å². The maximum Gasteiger partial charge on any atom is 0.404 e. The fourth-order valence-electron chi connectivity index (χ4n) is 4.78. The lowest BCUT2D eigenvalue weighted by Gasteiger charge is -2.19. The largest absolute Gasteiger partial charge is 0.497 e. The molecule has 1 aliphatic rings. The van der Waals surface area contributed by atoms with Crippen LogP contribution in [0.1, 0.15) is 67.8 Å². The quantitative estimate of drug-likeness (QED) is 0.299. The number of nitrogens with zero attached hydrogens (tertiary/aromatic N) is 4. The van der Waals surface area contributed by atoms with Crippen molar-refractivity contribution in [2.75, 3.05) is 20.3 Å². The van der Waals surface area contributed by atoms with E-state index in [0.29, 0.717) is 35.6 Å². The molecule has 0 radical (unpaired) electrons. The van der Waals surface area contributed by atoms with Crippen LogP contribution in [-0.2, 0) is 9.53 Å². The van der Waals surface area contributed by atoms with Crippen LogP contribution in [0.15, 0.2) is 47.5 Å². The normalized spacial score (nSPS) is 14.8. The number of fused-ring (bicyclic) bond motifs is 3. The fraction of sp³-hybridized carbons (Fsp3) is 0.414. The number of aromatic nitrogens is 3. The lowest BCUT2D eigenvalue weighted by Crippen LogP contribution is -2.33. The highest BCUT2D eigenvalue weighted by atomic mass is 35.5. The van der Waals surface area contributed by atoms with Crippen LogP contribution in [0.3, 0.4) is 0 Å². The number of unbranched alkanes of at least 4 members (excludes halogenated alkanes) is 4. The van der Waals surface area contributed by atoms with Gasteiger partial charge in [-0.15, -0.1) is 10.2 Å². The number of carbonyl (C=O) groups is 2. The second-order valence-electron chi connectivity index (χ2n) is 9.77. The van der Waals surface area contributed by atoms with Crippen LogP contribution in [0.2, 0.25) is 5.02 Å². The Hall–Kier alpha value is -3.92. The molecule has 3 N–H and O–H groups in total. The van der Waals surface area contributed by atoms with Crippen LogP contribution in [0.5, 0.6) is 5.75 Å². The number of hydrogen-bond donors (Lipinski definition) is 2. The van der Waals surface area contributed by atoms with Crippen LogP contribution >= 0.6 is 11.6 Å². The smallest absolute Gasteiger partial charge is 0.404 e. The first-order chi connectivity index (χ1) is 19.3. The number of carbonyl (C=O) groups excluding carboxylic acids is 2. The summed E-state index contributed by atoms with van der Waals surface area (Å²) in [6.45, 7) is 4.65. The molecule has 10 nitrogen and oxygen atoms in total. The highest BCUT2D eigenvalue weighted by molar-refractivity contribution is 6.30. The van der Waals surface area contributed by atoms with Crippen molar-refractivity contribution in [1.29, 1.82) is 0 Å². The fourth-order valence-corrected chi connectivity index (χ4v) is 4.91. The summed E-state index contributed by atoms with van der Waals surface area (Å²) in [5.41, 5.74) is 8.27. The van der Waals surface area contributed by atoms with Crippen molar-refractivity contribution >= 4 is 29.3 Å². The van der Waals surface area contributed by atoms with E-state index in [4.69, 9.17) is 31.8 Å². The Bertz CT molecular complexity index is 1370. The van der Waals surface area contributed by atoms with E-state index < -0.39 is 18.1 Å². The summed E-state index contributed by atoms with van der Waals surface area (Å²) >= 11 is 6.18. The van der Waals surface area contributed by atoms with Gasteiger partial charge in [0.25, 0.3) is 0 Å². The van der Waals surface area contributed by atoms with Crippen molar-refractivity contribution in [1.82, 2.24) is 20.1 Å². The Morgan fingerprint density at radius 1 is 1.07 bits per heavy atom. The number of halogens is 1. The van der Waals surface area contributed by atoms with Gasteiger partial charge in [-0.25, -0.2) is 4.79 Å². The monoisotopic (exact) mass is 566 g/mol. The molecule has 2 heterocycles. The number of methoxy groups -OCH3 is 1. The topological polar surface area (TPSA) is 134 Å². The molecule has 2 atom stereocenters. The maximum absolute atomic E-state index is 13.3. The molecule has 0 spiro atoms. The first-order valence-corrected chi connectivity index (χ1v) is 13.8. The molecule has 1 aromatic heterocycles. The number of aryl methyl sites for hydroxylation is 1. The van der Waals surface area contributed by atoms with E-state index in [9.17, 15) is 9.59 Å². The van der Waals surface area contributed by atoms with Gasteiger partial charge in [0.1, 0.15) is 17.6 Å². The first kappa shape index (κ1) is 29.1. The predicted octanol–water partition coefficient (Wildman–Crippen LogP) is 4.93. The minimum Gasteiger partial charge on any atom is -0.497 e. The van der Waals surface area contributed by atoms with Crippen molar-refractivity contribution in [2.24, 2.45) is 16.6 Å². The second-order valence-corrected chi connectivity index (χ2v) is 10.2. The number of hydrogen-bond acceptors (Lipinski definition) is 7. The van der Waals surface area contributed by atoms with Crippen molar-refractivity contribution < 1.29 is 19.1 Å². The average molecular weight is 567 g/mol. The molecule has 0 fully saturated rings.